The number of carbonyl (C=O) groups excluding carboxylic acids is 3. The number of benzene rings is 2. The minimum atomic E-state index is -1.09. The fraction of sp³-hybridized carbons (Fsp3) is 0.238. The van der Waals surface area contributed by atoms with E-state index in [4.69, 9.17) is 5.11 Å². The SMILES string of the molecule is Cc1ccccc1CSCC(=O)Nc1ccc2c(c1)C(=O)N(CCC(=O)O)C2=O. The number of carbonyl (C=O) groups is 4. The van der Waals surface area contributed by atoms with Crippen LogP contribution in [0.1, 0.15) is 38.3 Å². The summed E-state index contributed by atoms with van der Waals surface area (Å²) >= 11 is 1.49. The van der Waals surface area contributed by atoms with Crippen LogP contribution in [0.5, 0.6) is 0 Å². The lowest BCUT2D eigenvalue weighted by Gasteiger charge is -2.11. The van der Waals surface area contributed by atoms with Crippen LogP contribution < -0.4 is 5.32 Å². The molecule has 0 aliphatic carbocycles. The topological polar surface area (TPSA) is 104 Å². The zero-order valence-electron chi connectivity index (χ0n) is 15.8. The smallest absolute Gasteiger partial charge is 0.305 e. The molecule has 3 amide bonds. The average molecular weight is 412 g/mol. The lowest BCUT2D eigenvalue weighted by Crippen LogP contribution is -2.31. The summed E-state index contributed by atoms with van der Waals surface area (Å²) in [6.07, 6.45) is -0.312. The molecule has 2 aromatic rings. The third kappa shape index (κ3) is 4.83. The van der Waals surface area contributed by atoms with E-state index in [1.165, 1.54) is 35.0 Å². The number of anilines is 1. The fourth-order valence-corrected chi connectivity index (χ4v) is 3.91. The van der Waals surface area contributed by atoms with E-state index in [2.05, 4.69) is 5.32 Å². The molecule has 1 aliphatic rings. The van der Waals surface area contributed by atoms with Crippen molar-refractivity contribution in [2.45, 2.75) is 19.1 Å². The van der Waals surface area contributed by atoms with Crippen molar-refractivity contribution in [2.75, 3.05) is 17.6 Å². The van der Waals surface area contributed by atoms with Gasteiger partial charge < -0.3 is 10.4 Å². The first kappa shape index (κ1) is 20.6. The number of aryl methyl sites for hydroxylation is 1. The van der Waals surface area contributed by atoms with Gasteiger partial charge in [-0.1, -0.05) is 24.3 Å². The van der Waals surface area contributed by atoms with E-state index < -0.39 is 17.8 Å². The number of carboxylic acids is 1. The molecule has 3 rings (SSSR count). The first-order valence-corrected chi connectivity index (χ1v) is 10.2. The zero-order chi connectivity index (χ0) is 21.0. The van der Waals surface area contributed by atoms with Crippen molar-refractivity contribution in [3.63, 3.8) is 0 Å². The van der Waals surface area contributed by atoms with Crippen LogP contribution in [-0.4, -0.2) is 46.0 Å². The largest absolute Gasteiger partial charge is 0.481 e. The van der Waals surface area contributed by atoms with Crippen LogP contribution in [0.2, 0.25) is 0 Å². The summed E-state index contributed by atoms with van der Waals surface area (Å²) in [5.74, 6) is -1.38. The molecule has 2 aromatic carbocycles. The molecular formula is C21H20N2O5S. The molecular weight excluding hydrogens is 392 g/mol. The number of imide groups is 1. The first-order valence-electron chi connectivity index (χ1n) is 9.01. The minimum Gasteiger partial charge on any atom is -0.481 e. The predicted octanol–water partition coefficient (Wildman–Crippen LogP) is 2.94. The second kappa shape index (κ2) is 8.91. The Morgan fingerprint density at radius 3 is 2.52 bits per heavy atom. The summed E-state index contributed by atoms with van der Waals surface area (Å²) in [6, 6.07) is 12.5. The Kier molecular flexibility index (Phi) is 6.33. The van der Waals surface area contributed by atoms with Gasteiger partial charge in [0.1, 0.15) is 0 Å². The number of aliphatic carboxylic acids is 1. The third-order valence-electron chi connectivity index (χ3n) is 4.56. The summed E-state index contributed by atoms with van der Waals surface area (Å²) in [5, 5.41) is 11.5. The second-order valence-corrected chi connectivity index (χ2v) is 7.62. The maximum Gasteiger partial charge on any atom is 0.305 e. The molecule has 0 unspecified atom stereocenters. The van der Waals surface area contributed by atoms with Crippen LogP contribution in [0, 0.1) is 6.92 Å². The minimum absolute atomic E-state index is 0.172. The maximum atomic E-state index is 12.4. The van der Waals surface area contributed by atoms with Crippen molar-refractivity contribution in [2.24, 2.45) is 0 Å². The van der Waals surface area contributed by atoms with Gasteiger partial charge in [-0.05, 0) is 36.2 Å². The van der Waals surface area contributed by atoms with Crippen molar-refractivity contribution in [3.05, 3.63) is 64.7 Å². The Morgan fingerprint density at radius 1 is 1.07 bits per heavy atom. The summed E-state index contributed by atoms with van der Waals surface area (Å²) < 4.78 is 0. The molecule has 1 heterocycles. The van der Waals surface area contributed by atoms with Crippen molar-refractivity contribution in [3.8, 4) is 0 Å². The van der Waals surface area contributed by atoms with E-state index in [1.54, 1.807) is 6.07 Å². The lowest BCUT2D eigenvalue weighted by molar-refractivity contribution is -0.137. The number of rotatable bonds is 8. The molecule has 0 fully saturated rings. The molecule has 0 radical (unpaired) electrons. The highest BCUT2D eigenvalue weighted by molar-refractivity contribution is 7.99. The van der Waals surface area contributed by atoms with Crippen LogP contribution in [0.4, 0.5) is 5.69 Å². The number of nitrogens with one attached hydrogen (secondary N) is 1. The summed E-state index contributed by atoms with van der Waals surface area (Å²) in [5.41, 5.74) is 3.16. The predicted molar refractivity (Wildman–Crippen MR) is 110 cm³/mol. The lowest BCUT2D eigenvalue weighted by atomic mass is 10.1. The molecule has 7 nitrogen and oxygen atoms in total. The van der Waals surface area contributed by atoms with Crippen LogP contribution in [-0.2, 0) is 15.3 Å². The highest BCUT2D eigenvalue weighted by Crippen LogP contribution is 2.26. The number of hydrogen-bond acceptors (Lipinski definition) is 5. The third-order valence-corrected chi connectivity index (χ3v) is 5.54. The maximum absolute atomic E-state index is 12.4. The van der Waals surface area contributed by atoms with Gasteiger partial charge in [-0.25, -0.2) is 0 Å². The number of hydrogen-bond donors (Lipinski definition) is 2. The molecule has 1 aliphatic heterocycles. The summed E-state index contributed by atoms with van der Waals surface area (Å²) in [6.45, 7) is 1.84. The molecule has 0 bridgehead atoms. The number of nitrogens with zero attached hydrogens (tertiary/aromatic N) is 1. The van der Waals surface area contributed by atoms with Gasteiger partial charge in [0, 0.05) is 18.0 Å². The van der Waals surface area contributed by atoms with Gasteiger partial charge in [-0.2, -0.15) is 0 Å². The quantitative estimate of drug-likeness (QED) is 0.646. The molecule has 0 atom stereocenters. The normalized spacial score (nSPS) is 12.8. The molecule has 150 valence electrons. The van der Waals surface area contributed by atoms with Crippen LogP contribution in [0.25, 0.3) is 0 Å². The molecule has 0 spiro atoms. The van der Waals surface area contributed by atoms with Gasteiger partial charge in [-0.15, -0.1) is 11.8 Å². The Morgan fingerprint density at radius 2 is 1.79 bits per heavy atom. The Balaban J connectivity index is 1.59. The van der Waals surface area contributed by atoms with Gasteiger partial charge in [0.2, 0.25) is 5.91 Å². The zero-order valence-corrected chi connectivity index (χ0v) is 16.6. The Bertz CT molecular complexity index is 989. The Labute approximate surface area is 172 Å². The second-order valence-electron chi connectivity index (χ2n) is 6.63. The van der Waals surface area contributed by atoms with E-state index in [-0.39, 0.29) is 35.8 Å². The molecule has 29 heavy (non-hydrogen) atoms. The molecule has 0 saturated carbocycles. The summed E-state index contributed by atoms with van der Waals surface area (Å²) in [4.78, 5) is 48.5. The van der Waals surface area contributed by atoms with E-state index in [0.29, 0.717) is 5.69 Å². The van der Waals surface area contributed by atoms with Crippen LogP contribution in [0.3, 0.4) is 0 Å². The molecule has 2 N–H and O–H groups in total. The van der Waals surface area contributed by atoms with Crippen molar-refractivity contribution in [1.29, 1.82) is 0 Å². The van der Waals surface area contributed by atoms with Gasteiger partial charge in [0.25, 0.3) is 11.8 Å². The van der Waals surface area contributed by atoms with Gasteiger partial charge in [0.15, 0.2) is 0 Å². The number of fused-ring (bicyclic) bond motifs is 1. The van der Waals surface area contributed by atoms with E-state index in [9.17, 15) is 19.2 Å². The van der Waals surface area contributed by atoms with Crippen LogP contribution in [0.15, 0.2) is 42.5 Å². The van der Waals surface area contributed by atoms with Crippen LogP contribution >= 0.6 is 11.8 Å². The monoisotopic (exact) mass is 412 g/mol. The molecule has 0 aromatic heterocycles. The van der Waals surface area contributed by atoms with Gasteiger partial charge in [-0.3, -0.25) is 24.1 Å². The Hall–Kier alpha value is -3.13. The van der Waals surface area contributed by atoms with Crippen molar-refractivity contribution >= 4 is 41.1 Å². The highest BCUT2D eigenvalue weighted by Gasteiger charge is 2.35. The number of carboxylic acid groups (broad SMARTS) is 1. The fourth-order valence-electron chi connectivity index (χ4n) is 3.00. The average Bonchev–Trinajstić information content (AvgIpc) is 2.91. The van der Waals surface area contributed by atoms with Crippen molar-refractivity contribution < 1.29 is 24.3 Å². The van der Waals surface area contributed by atoms with E-state index in [0.717, 1.165) is 10.7 Å². The number of amides is 3. The first-order chi connectivity index (χ1) is 13.9. The van der Waals surface area contributed by atoms with Gasteiger partial charge in [0.05, 0.1) is 23.3 Å². The van der Waals surface area contributed by atoms with E-state index in [1.807, 2.05) is 31.2 Å². The van der Waals surface area contributed by atoms with E-state index >= 15 is 0 Å². The molecule has 8 heteroatoms. The van der Waals surface area contributed by atoms with Crippen molar-refractivity contribution in [1.82, 2.24) is 4.90 Å². The molecule has 0 saturated heterocycles. The standard InChI is InChI=1S/C21H20N2O5S/c1-13-4-2-3-5-14(13)11-29-12-18(24)22-15-6-7-16-17(10-15)21(28)23(20(16)27)9-8-19(25)26/h2-7,10H,8-9,11-12H2,1H3,(H,22,24)(H,25,26). The summed E-state index contributed by atoms with van der Waals surface area (Å²) in [7, 11) is 0. The van der Waals surface area contributed by atoms with Gasteiger partial charge >= 0.3 is 5.97 Å². The number of thioether (sulfide) groups is 1. The highest BCUT2D eigenvalue weighted by atomic mass is 32.2.